The van der Waals surface area contributed by atoms with Crippen LogP contribution in [-0.4, -0.2) is 81.7 Å². The molecular weight excluding hydrogens is 452 g/mol. The summed E-state index contributed by atoms with van der Waals surface area (Å²) in [6, 6.07) is -2.14. The number of aliphatic hydroxyl groups excluding tert-OH is 1. The maximum absolute atomic E-state index is 12.7. The van der Waals surface area contributed by atoms with Crippen LogP contribution in [0.4, 0.5) is 4.79 Å². The second kappa shape index (κ2) is 11.3. The lowest BCUT2D eigenvalue weighted by atomic mass is 10.0. The highest BCUT2D eigenvalue weighted by molar-refractivity contribution is 6.00. The zero-order valence-electron chi connectivity index (χ0n) is 20.2. The molecule has 0 aromatic carbocycles. The Kier molecular flexibility index (Phi) is 8.96. The number of esters is 3. The first-order valence-electron chi connectivity index (χ1n) is 11.1. The van der Waals surface area contributed by atoms with Gasteiger partial charge in [-0.2, -0.15) is 0 Å². The minimum Gasteiger partial charge on any atom is -0.466 e. The van der Waals surface area contributed by atoms with E-state index in [2.05, 4.69) is 15.6 Å². The van der Waals surface area contributed by atoms with Crippen LogP contribution in [0.15, 0.2) is 0 Å². The fourth-order valence-corrected chi connectivity index (χ4v) is 3.64. The number of carbonyl (C=O) groups excluding carboxylic acids is 4. The fraction of sp³-hybridized carbons (Fsp3) is 0.714. The lowest BCUT2D eigenvalue weighted by Crippen LogP contribution is -2.49. The molecule has 4 atom stereocenters. The number of ether oxygens (including phenoxy) is 4. The van der Waals surface area contributed by atoms with Gasteiger partial charge in [0.2, 0.25) is 5.69 Å². The Bertz CT molecular complexity index is 909. The maximum Gasteiger partial charge on any atom is 0.407 e. The van der Waals surface area contributed by atoms with Crippen molar-refractivity contribution >= 4 is 24.0 Å². The predicted molar refractivity (Wildman–Crippen MR) is 115 cm³/mol. The quantitative estimate of drug-likeness (QED) is 0.399. The first-order chi connectivity index (χ1) is 15.9. The molecule has 13 nitrogen and oxygen atoms in total. The minimum atomic E-state index is -1.41. The van der Waals surface area contributed by atoms with Gasteiger partial charge in [0, 0.05) is 0 Å². The van der Waals surface area contributed by atoms with E-state index in [1.807, 2.05) is 0 Å². The van der Waals surface area contributed by atoms with Gasteiger partial charge >= 0.3 is 24.0 Å². The Labute approximate surface area is 197 Å². The van der Waals surface area contributed by atoms with E-state index in [1.165, 1.54) is 0 Å². The summed E-state index contributed by atoms with van der Waals surface area (Å²) in [5, 5.41) is 21.2. The molecule has 0 spiro atoms. The Morgan fingerprint density at radius 2 is 1.62 bits per heavy atom. The summed E-state index contributed by atoms with van der Waals surface area (Å²) in [4.78, 5) is 50.0. The molecule has 0 aliphatic heterocycles. The first-order valence-corrected chi connectivity index (χ1v) is 11.1. The van der Waals surface area contributed by atoms with E-state index >= 15 is 0 Å². The second-order valence-electron chi connectivity index (χ2n) is 8.50. The average molecular weight is 485 g/mol. The zero-order valence-corrected chi connectivity index (χ0v) is 20.2. The van der Waals surface area contributed by atoms with Crippen molar-refractivity contribution in [3.05, 3.63) is 11.4 Å². The summed E-state index contributed by atoms with van der Waals surface area (Å²) >= 11 is 0. The summed E-state index contributed by atoms with van der Waals surface area (Å²) < 4.78 is 21.4. The predicted octanol–water partition coefficient (Wildman–Crippen LogP) is 1.01. The highest BCUT2D eigenvalue weighted by atomic mass is 16.6. The Hall–Kier alpha value is -3.22. The standard InChI is InChI=1S/C21H32N4O9/c1-7-31-17(27)11-10-12(16(26)13(11)22-20(30)34-21(4,5)6)25-15(19(29)33-9-3)14(23-24-25)18(28)32-8-2/h11-13,16,26H,7-10H2,1-6H3,(H,22,30)/t11-,12-,13+,16+/m1/s1. The topological polar surface area (TPSA) is 168 Å². The largest absolute Gasteiger partial charge is 0.466 e. The molecule has 13 heteroatoms. The normalized spacial score (nSPS) is 22.1. The number of nitrogens with zero attached hydrogens (tertiary/aromatic N) is 3. The van der Waals surface area contributed by atoms with E-state index in [0.29, 0.717) is 0 Å². The molecule has 1 heterocycles. The van der Waals surface area contributed by atoms with E-state index < -0.39 is 53.7 Å². The van der Waals surface area contributed by atoms with Crippen LogP contribution in [0.2, 0.25) is 0 Å². The van der Waals surface area contributed by atoms with Crippen LogP contribution < -0.4 is 5.32 Å². The molecule has 0 bridgehead atoms. The van der Waals surface area contributed by atoms with Crippen molar-refractivity contribution in [2.24, 2.45) is 5.92 Å². The highest BCUT2D eigenvalue weighted by Crippen LogP contribution is 2.37. The van der Waals surface area contributed by atoms with Gasteiger partial charge in [-0.3, -0.25) is 4.79 Å². The van der Waals surface area contributed by atoms with E-state index in [9.17, 15) is 24.3 Å². The van der Waals surface area contributed by atoms with Gasteiger partial charge in [0.05, 0.1) is 43.9 Å². The van der Waals surface area contributed by atoms with E-state index in [4.69, 9.17) is 18.9 Å². The van der Waals surface area contributed by atoms with Gasteiger partial charge in [-0.05, 0) is 48.0 Å². The van der Waals surface area contributed by atoms with Crippen LogP contribution in [0.25, 0.3) is 0 Å². The van der Waals surface area contributed by atoms with E-state index in [0.717, 1.165) is 4.68 Å². The summed E-state index contributed by atoms with van der Waals surface area (Å²) in [6.07, 6.45) is -2.33. The molecule has 1 aliphatic carbocycles. The highest BCUT2D eigenvalue weighted by Gasteiger charge is 2.50. The molecule has 1 aromatic rings. The van der Waals surface area contributed by atoms with Gasteiger partial charge in [0.15, 0.2) is 5.69 Å². The van der Waals surface area contributed by atoms with Crippen LogP contribution in [0, 0.1) is 5.92 Å². The molecule has 2 rings (SSSR count). The van der Waals surface area contributed by atoms with Gasteiger partial charge in [-0.15, -0.1) is 5.10 Å². The van der Waals surface area contributed by atoms with Crippen molar-refractivity contribution in [3.63, 3.8) is 0 Å². The van der Waals surface area contributed by atoms with Crippen LogP contribution in [0.3, 0.4) is 0 Å². The molecule has 34 heavy (non-hydrogen) atoms. The number of carbonyl (C=O) groups is 4. The van der Waals surface area contributed by atoms with Gasteiger partial charge in [-0.1, -0.05) is 5.21 Å². The third-order valence-corrected chi connectivity index (χ3v) is 4.91. The number of amides is 1. The summed E-state index contributed by atoms with van der Waals surface area (Å²) in [5.74, 6) is -3.44. The summed E-state index contributed by atoms with van der Waals surface area (Å²) in [6.45, 7) is 9.92. The smallest absolute Gasteiger partial charge is 0.407 e. The maximum atomic E-state index is 12.7. The molecule has 1 aliphatic rings. The molecule has 1 fully saturated rings. The minimum absolute atomic E-state index is 0.00771. The van der Waals surface area contributed by atoms with Gasteiger partial charge in [0.25, 0.3) is 0 Å². The zero-order chi connectivity index (χ0) is 25.6. The van der Waals surface area contributed by atoms with E-state index in [-0.39, 0.29) is 37.6 Å². The van der Waals surface area contributed by atoms with Crippen molar-refractivity contribution < 1.29 is 43.2 Å². The number of nitrogens with one attached hydrogen (secondary N) is 1. The summed E-state index contributed by atoms with van der Waals surface area (Å²) in [7, 11) is 0. The average Bonchev–Trinajstić information content (AvgIpc) is 3.29. The van der Waals surface area contributed by atoms with Crippen molar-refractivity contribution in [3.8, 4) is 0 Å². The summed E-state index contributed by atoms with van der Waals surface area (Å²) in [5.41, 5.74) is -1.53. The van der Waals surface area contributed by atoms with Gasteiger partial charge in [-0.25, -0.2) is 19.1 Å². The third kappa shape index (κ3) is 6.22. The number of aliphatic hydroxyl groups is 1. The molecule has 1 saturated carbocycles. The molecule has 190 valence electrons. The molecule has 1 amide bonds. The van der Waals surface area contributed by atoms with Crippen molar-refractivity contribution in [2.75, 3.05) is 19.8 Å². The fourth-order valence-electron chi connectivity index (χ4n) is 3.64. The molecule has 2 N–H and O–H groups in total. The second-order valence-corrected chi connectivity index (χ2v) is 8.50. The number of aromatic nitrogens is 3. The van der Waals surface area contributed by atoms with Crippen LogP contribution in [0.1, 0.15) is 75.0 Å². The first kappa shape index (κ1) is 27.0. The number of hydrogen-bond donors (Lipinski definition) is 2. The van der Waals surface area contributed by atoms with Crippen molar-refractivity contribution in [1.29, 1.82) is 0 Å². The van der Waals surface area contributed by atoms with Crippen LogP contribution in [-0.2, 0) is 23.7 Å². The SMILES string of the molecule is CCOC(=O)c1nnn([C@@H]2C[C@@H](C(=O)OCC)[C@H](NC(=O)OC(C)(C)C)[C@H]2O)c1C(=O)OCC. The lowest BCUT2D eigenvalue weighted by molar-refractivity contribution is -0.148. The lowest BCUT2D eigenvalue weighted by Gasteiger charge is -2.26. The Morgan fingerprint density at radius 1 is 1.03 bits per heavy atom. The Morgan fingerprint density at radius 3 is 2.18 bits per heavy atom. The van der Waals surface area contributed by atoms with Crippen molar-refractivity contribution in [1.82, 2.24) is 20.3 Å². The third-order valence-electron chi connectivity index (χ3n) is 4.91. The molecule has 1 aromatic heterocycles. The molecule has 0 radical (unpaired) electrons. The Balaban J connectivity index is 2.46. The number of rotatable bonds is 8. The van der Waals surface area contributed by atoms with E-state index in [1.54, 1.807) is 41.5 Å². The number of alkyl carbamates (subject to hydrolysis) is 1. The molecule has 0 saturated heterocycles. The van der Waals surface area contributed by atoms with Crippen molar-refractivity contribution in [2.45, 2.75) is 71.8 Å². The monoisotopic (exact) mass is 484 g/mol. The molecular formula is C21H32N4O9. The molecule has 0 unspecified atom stereocenters. The number of hydrogen-bond acceptors (Lipinski definition) is 11. The van der Waals surface area contributed by atoms with Gasteiger partial charge in [0.1, 0.15) is 5.60 Å². The van der Waals surface area contributed by atoms with Crippen LogP contribution in [0.5, 0.6) is 0 Å². The van der Waals surface area contributed by atoms with Crippen LogP contribution >= 0.6 is 0 Å². The van der Waals surface area contributed by atoms with Gasteiger partial charge < -0.3 is 29.4 Å².